The molecule has 0 aliphatic heterocycles. The van der Waals surface area contributed by atoms with Gasteiger partial charge in [0.2, 0.25) is 5.91 Å². The van der Waals surface area contributed by atoms with Crippen LogP contribution in [0.4, 0.5) is 5.69 Å². The van der Waals surface area contributed by atoms with Crippen LogP contribution in [-0.4, -0.2) is 11.7 Å². The number of thioether (sulfide) groups is 1. The maximum absolute atomic E-state index is 11.8. The molecule has 0 fully saturated rings. The summed E-state index contributed by atoms with van der Waals surface area (Å²) in [5, 5.41) is 4.15. The first-order chi connectivity index (χ1) is 9.63. The normalized spacial score (nSPS) is 10.3. The molecule has 0 saturated carbocycles. The number of benzene rings is 2. The van der Waals surface area contributed by atoms with Crippen molar-refractivity contribution in [1.82, 2.24) is 0 Å². The third-order valence-electron chi connectivity index (χ3n) is 2.52. The number of carbonyl (C=O) groups excluding carboxylic acids is 1. The van der Waals surface area contributed by atoms with E-state index in [1.807, 2.05) is 30.3 Å². The lowest BCUT2D eigenvalue weighted by Crippen LogP contribution is -2.11. The van der Waals surface area contributed by atoms with Gasteiger partial charge in [-0.1, -0.05) is 29.3 Å². The molecule has 0 heterocycles. The van der Waals surface area contributed by atoms with Crippen LogP contribution in [0.25, 0.3) is 0 Å². The third kappa shape index (κ3) is 5.08. The van der Waals surface area contributed by atoms with Crippen molar-refractivity contribution in [3.05, 3.63) is 58.6 Å². The summed E-state index contributed by atoms with van der Waals surface area (Å²) in [4.78, 5) is 12.9. The predicted molar refractivity (Wildman–Crippen MR) is 86.9 cm³/mol. The molecule has 0 spiro atoms. The monoisotopic (exact) mass is 325 g/mol. The van der Waals surface area contributed by atoms with Gasteiger partial charge < -0.3 is 5.32 Å². The van der Waals surface area contributed by atoms with Gasteiger partial charge in [-0.25, -0.2) is 0 Å². The van der Waals surface area contributed by atoms with Crippen molar-refractivity contribution in [3.63, 3.8) is 0 Å². The largest absolute Gasteiger partial charge is 0.326 e. The van der Waals surface area contributed by atoms with E-state index in [1.54, 1.807) is 30.0 Å². The van der Waals surface area contributed by atoms with Gasteiger partial charge >= 0.3 is 0 Å². The van der Waals surface area contributed by atoms with Crippen molar-refractivity contribution >= 4 is 46.6 Å². The zero-order valence-corrected chi connectivity index (χ0v) is 12.9. The Morgan fingerprint density at radius 3 is 2.50 bits per heavy atom. The zero-order chi connectivity index (χ0) is 14.4. The number of amides is 1. The Labute approximate surface area is 132 Å². The Balaban J connectivity index is 1.76. The van der Waals surface area contributed by atoms with Gasteiger partial charge in [0.15, 0.2) is 0 Å². The summed E-state index contributed by atoms with van der Waals surface area (Å²) >= 11 is 13.3. The van der Waals surface area contributed by atoms with Gasteiger partial charge in [-0.2, -0.15) is 0 Å². The molecule has 5 heteroatoms. The highest BCUT2D eigenvalue weighted by molar-refractivity contribution is 7.99. The molecular formula is C15H13Cl2NOS. The van der Waals surface area contributed by atoms with Crippen LogP contribution in [0, 0.1) is 0 Å². The van der Waals surface area contributed by atoms with Crippen molar-refractivity contribution in [1.29, 1.82) is 0 Å². The molecule has 0 bridgehead atoms. The minimum absolute atomic E-state index is 0.0197. The fourth-order valence-electron chi connectivity index (χ4n) is 1.58. The van der Waals surface area contributed by atoms with Crippen LogP contribution < -0.4 is 5.32 Å². The molecule has 104 valence electrons. The van der Waals surface area contributed by atoms with E-state index in [0.29, 0.717) is 22.2 Å². The van der Waals surface area contributed by atoms with Crippen molar-refractivity contribution in [2.75, 3.05) is 11.1 Å². The summed E-state index contributed by atoms with van der Waals surface area (Å²) in [5.41, 5.74) is 0.721. The molecule has 0 saturated heterocycles. The van der Waals surface area contributed by atoms with Crippen molar-refractivity contribution in [2.24, 2.45) is 0 Å². The second kappa shape index (κ2) is 7.58. The number of rotatable bonds is 5. The second-order valence-electron chi connectivity index (χ2n) is 4.11. The average molecular weight is 326 g/mol. The molecule has 1 amide bonds. The topological polar surface area (TPSA) is 29.1 Å². The molecular weight excluding hydrogens is 313 g/mol. The predicted octanol–water partition coefficient (Wildman–Crippen LogP) is 5.11. The van der Waals surface area contributed by atoms with E-state index < -0.39 is 0 Å². The Hall–Kier alpha value is -1.16. The molecule has 1 N–H and O–H groups in total. The molecule has 0 aliphatic carbocycles. The number of halogens is 2. The van der Waals surface area contributed by atoms with Crippen LogP contribution in [0.2, 0.25) is 10.0 Å². The molecule has 20 heavy (non-hydrogen) atoms. The van der Waals surface area contributed by atoms with E-state index in [4.69, 9.17) is 23.2 Å². The van der Waals surface area contributed by atoms with Crippen LogP contribution in [0.5, 0.6) is 0 Å². The number of hydrogen-bond donors (Lipinski definition) is 1. The van der Waals surface area contributed by atoms with Gasteiger partial charge in [0.1, 0.15) is 0 Å². The molecule has 0 radical (unpaired) electrons. The fraction of sp³-hybridized carbons (Fsp3) is 0.133. The lowest BCUT2D eigenvalue weighted by atomic mass is 10.3. The van der Waals surface area contributed by atoms with E-state index in [9.17, 15) is 4.79 Å². The summed E-state index contributed by atoms with van der Waals surface area (Å²) in [6.07, 6.45) is 0.444. The minimum atomic E-state index is -0.0197. The average Bonchev–Trinajstić information content (AvgIpc) is 2.41. The molecule has 2 aromatic carbocycles. The van der Waals surface area contributed by atoms with E-state index >= 15 is 0 Å². The maximum atomic E-state index is 11.8. The molecule has 0 unspecified atom stereocenters. The highest BCUT2D eigenvalue weighted by Crippen LogP contribution is 2.21. The van der Waals surface area contributed by atoms with Crippen molar-refractivity contribution in [2.45, 2.75) is 11.3 Å². The Bertz CT molecular complexity index is 587. The molecule has 2 nitrogen and oxygen atoms in total. The quantitative estimate of drug-likeness (QED) is 0.773. The highest BCUT2D eigenvalue weighted by Gasteiger charge is 2.03. The number of carbonyl (C=O) groups is 1. The summed E-state index contributed by atoms with van der Waals surface area (Å²) in [6.45, 7) is 0. The summed E-state index contributed by atoms with van der Waals surface area (Å²) in [6, 6.07) is 14.7. The third-order valence-corrected chi connectivity index (χ3v) is 4.02. The van der Waals surface area contributed by atoms with Crippen LogP contribution in [0.1, 0.15) is 6.42 Å². The standard InChI is InChI=1S/C15H13Cl2NOS/c16-11-4-6-14(7-5-11)20-9-8-15(19)18-13-3-1-2-12(17)10-13/h1-7,10H,8-9H2,(H,18,19). The minimum Gasteiger partial charge on any atom is -0.326 e. The van der Waals surface area contributed by atoms with Gasteiger partial charge in [-0.05, 0) is 42.5 Å². The number of hydrogen-bond acceptors (Lipinski definition) is 2. The van der Waals surface area contributed by atoms with Crippen molar-refractivity contribution < 1.29 is 4.79 Å². The van der Waals surface area contributed by atoms with Crippen molar-refractivity contribution in [3.8, 4) is 0 Å². The summed E-state index contributed by atoms with van der Waals surface area (Å²) in [7, 11) is 0. The lowest BCUT2D eigenvalue weighted by Gasteiger charge is -2.05. The van der Waals surface area contributed by atoms with E-state index in [2.05, 4.69) is 5.32 Å². The first kappa shape index (κ1) is 15.2. The first-order valence-electron chi connectivity index (χ1n) is 6.07. The van der Waals surface area contributed by atoms with Gasteiger partial charge in [-0.15, -0.1) is 11.8 Å². The van der Waals surface area contributed by atoms with Crippen LogP contribution in [-0.2, 0) is 4.79 Å². The van der Waals surface area contributed by atoms with Crippen LogP contribution >= 0.6 is 35.0 Å². The molecule has 2 aromatic rings. The van der Waals surface area contributed by atoms with E-state index in [-0.39, 0.29) is 5.91 Å². The Kier molecular flexibility index (Phi) is 5.77. The van der Waals surface area contributed by atoms with Gasteiger partial charge in [0.05, 0.1) is 0 Å². The van der Waals surface area contributed by atoms with E-state index in [1.165, 1.54) is 0 Å². The van der Waals surface area contributed by atoms with E-state index in [0.717, 1.165) is 10.6 Å². The summed E-state index contributed by atoms with van der Waals surface area (Å²) < 4.78 is 0. The molecule has 0 atom stereocenters. The van der Waals surface area contributed by atoms with Crippen LogP contribution in [0.15, 0.2) is 53.4 Å². The van der Waals surface area contributed by atoms with Crippen LogP contribution in [0.3, 0.4) is 0 Å². The zero-order valence-electron chi connectivity index (χ0n) is 10.6. The summed E-state index contributed by atoms with van der Waals surface area (Å²) in [5.74, 6) is 0.697. The second-order valence-corrected chi connectivity index (χ2v) is 6.15. The lowest BCUT2D eigenvalue weighted by molar-refractivity contribution is -0.115. The number of anilines is 1. The van der Waals surface area contributed by atoms with Gasteiger partial charge in [0.25, 0.3) is 0 Å². The first-order valence-corrected chi connectivity index (χ1v) is 7.81. The fourth-order valence-corrected chi connectivity index (χ4v) is 2.75. The highest BCUT2D eigenvalue weighted by atomic mass is 35.5. The van der Waals surface area contributed by atoms with Gasteiger partial charge in [0, 0.05) is 32.8 Å². The molecule has 0 aromatic heterocycles. The Morgan fingerprint density at radius 2 is 1.80 bits per heavy atom. The Morgan fingerprint density at radius 1 is 1.05 bits per heavy atom. The van der Waals surface area contributed by atoms with Gasteiger partial charge in [-0.3, -0.25) is 4.79 Å². The smallest absolute Gasteiger partial charge is 0.225 e. The maximum Gasteiger partial charge on any atom is 0.225 e. The number of nitrogens with one attached hydrogen (secondary N) is 1. The molecule has 0 aliphatic rings. The SMILES string of the molecule is O=C(CCSc1ccc(Cl)cc1)Nc1cccc(Cl)c1. The molecule has 2 rings (SSSR count).